The van der Waals surface area contributed by atoms with Crippen LogP contribution in [0.2, 0.25) is 0 Å². The van der Waals surface area contributed by atoms with E-state index in [1.165, 1.54) is 25.7 Å². The Morgan fingerprint density at radius 3 is 2.75 bits per heavy atom. The van der Waals surface area contributed by atoms with Crippen LogP contribution in [0.4, 0.5) is 0 Å². The van der Waals surface area contributed by atoms with E-state index in [2.05, 4.69) is 5.32 Å². The summed E-state index contributed by atoms with van der Waals surface area (Å²) >= 11 is 1.57. The molecule has 3 heterocycles. The van der Waals surface area contributed by atoms with Gasteiger partial charge >= 0.3 is 0 Å². The average molecular weight is 235 g/mol. The van der Waals surface area contributed by atoms with Crippen LogP contribution < -0.4 is 5.32 Å². The number of carbonyl (C=O) groups is 1. The topological polar surface area (TPSA) is 29.1 Å². The maximum atomic E-state index is 12.0. The molecule has 0 spiro atoms. The summed E-state index contributed by atoms with van der Waals surface area (Å²) in [5.74, 6) is 0.967. The predicted octanol–water partition coefficient (Wildman–Crippen LogP) is 2.85. The summed E-state index contributed by atoms with van der Waals surface area (Å²) in [6.45, 7) is 0. The van der Waals surface area contributed by atoms with Crippen molar-refractivity contribution in [2.75, 3.05) is 0 Å². The lowest BCUT2D eigenvalue weighted by Crippen LogP contribution is -2.38. The van der Waals surface area contributed by atoms with Gasteiger partial charge in [0.05, 0.1) is 4.88 Å². The summed E-state index contributed by atoms with van der Waals surface area (Å²) in [6.07, 6.45) is 5.79. The fourth-order valence-electron chi connectivity index (χ4n) is 3.14. The van der Waals surface area contributed by atoms with E-state index in [-0.39, 0.29) is 0 Å². The first-order valence-corrected chi connectivity index (χ1v) is 7.02. The Kier molecular flexibility index (Phi) is 2.82. The van der Waals surface area contributed by atoms with Crippen molar-refractivity contribution in [3.8, 4) is 0 Å². The zero-order valence-corrected chi connectivity index (χ0v) is 10.1. The molecule has 2 fully saturated rings. The van der Waals surface area contributed by atoms with Crippen LogP contribution >= 0.6 is 11.3 Å². The second-order valence-corrected chi connectivity index (χ2v) is 6.03. The van der Waals surface area contributed by atoms with Crippen molar-refractivity contribution >= 4 is 17.1 Å². The molecule has 1 aromatic heterocycles. The lowest BCUT2D eigenvalue weighted by atomic mass is 9.88. The summed E-state index contributed by atoms with van der Waals surface area (Å²) in [5, 5.41) is 5.61. The van der Waals surface area contributed by atoms with E-state index >= 15 is 0 Å². The van der Waals surface area contributed by atoms with Gasteiger partial charge in [-0.2, -0.15) is 0 Å². The van der Waals surface area contributed by atoms with E-state index in [0.29, 0.717) is 23.8 Å². The Morgan fingerprint density at radius 1 is 1.38 bits per heavy atom. The number of fused-ring (bicyclic) bond motifs is 2. The minimum atomic E-state index is 0.348. The molecular formula is C13H17NOS. The average Bonchev–Trinajstić information content (AvgIpc) is 2.88. The largest absolute Gasteiger partial charge is 0.311 e. The molecule has 2 nitrogen and oxygen atoms in total. The molecule has 2 aliphatic heterocycles. The molecule has 0 radical (unpaired) electrons. The molecule has 2 atom stereocenters. The van der Waals surface area contributed by atoms with Crippen molar-refractivity contribution in [1.82, 2.24) is 5.32 Å². The van der Waals surface area contributed by atoms with E-state index in [0.717, 1.165) is 11.3 Å². The second-order valence-electron chi connectivity index (χ2n) is 5.08. The first-order valence-electron chi connectivity index (χ1n) is 6.14. The highest BCUT2D eigenvalue weighted by atomic mass is 32.1. The van der Waals surface area contributed by atoms with Crippen molar-refractivity contribution in [2.45, 2.75) is 44.2 Å². The van der Waals surface area contributed by atoms with Gasteiger partial charge < -0.3 is 5.32 Å². The summed E-state index contributed by atoms with van der Waals surface area (Å²) in [6, 6.07) is 5.30. The van der Waals surface area contributed by atoms with E-state index in [1.54, 1.807) is 11.3 Å². The molecule has 2 saturated heterocycles. The van der Waals surface area contributed by atoms with Crippen LogP contribution in [0.25, 0.3) is 0 Å². The quantitative estimate of drug-likeness (QED) is 0.816. The van der Waals surface area contributed by atoms with Crippen molar-refractivity contribution < 1.29 is 4.79 Å². The lowest BCUT2D eigenvalue weighted by molar-refractivity contribution is 0.0949. The molecule has 0 aromatic carbocycles. The van der Waals surface area contributed by atoms with Crippen LogP contribution in [0, 0.1) is 5.92 Å². The number of hydrogen-bond donors (Lipinski definition) is 1. The summed E-state index contributed by atoms with van der Waals surface area (Å²) in [7, 11) is 0. The van der Waals surface area contributed by atoms with Crippen LogP contribution in [0.3, 0.4) is 0 Å². The molecule has 3 heteroatoms. The first-order chi connectivity index (χ1) is 7.81. The first kappa shape index (κ1) is 10.5. The van der Waals surface area contributed by atoms with E-state index in [1.807, 2.05) is 17.5 Å². The standard InChI is InChI=1S/C13H17NOS/c15-12(13-2-1-5-16-13)8-9-6-10-3-4-11(7-9)14-10/h1-2,5,9-11,14H,3-4,6-8H2. The Hall–Kier alpha value is -0.670. The van der Waals surface area contributed by atoms with Gasteiger partial charge in [-0.15, -0.1) is 11.3 Å². The Labute approximate surface area is 100 Å². The fourth-order valence-corrected chi connectivity index (χ4v) is 3.82. The number of piperidine rings is 1. The smallest absolute Gasteiger partial charge is 0.173 e. The zero-order chi connectivity index (χ0) is 11.0. The second kappa shape index (κ2) is 4.30. The number of carbonyl (C=O) groups excluding carboxylic acids is 1. The number of hydrogen-bond acceptors (Lipinski definition) is 3. The summed E-state index contributed by atoms with van der Waals surface area (Å²) in [5.41, 5.74) is 0. The van der Waals surface area contributed by atoms with Gasteiger partial charge in [0.2, 0.25) is 0 Å². The normalized spacial score (nSPS) is 32.9. The highest BCUT2D eigenvalue weighted by Crippen LogP contribution is 2.33. The SMILES string of the molecule is O=C(CC1CC2CCC(C1)N2)c1cccs1. The van der Waals surface area contributed by atoms with Gasteiger partial charge in [0.1, 0.15) is 0 Å². The molecule has 2 bridgehead atoms. The monoisotopic (exact) mass is 235 g/mol. The van der Waals surface area contributed by atoms with Gasteiger partial charge in [0.25, 0.3) is 0 Å². The maximum absolute atomic E-state index is 12.0. The summed E-state index contributed by atoms with van der Waals surface area (Å²) in [4.78, 5) is 12.9. The number of thiophene rings is 1. The molecule has 2 aliphatic rings. The van der Waals surface area contributed by atoms with Crippen molar-refractivity contribution in [2.24, 2.45) is 5.92 Å². The van der Waals surface area contributed by atoms with E-state index in [4.69, 9.17) is 0 Å². The third-order valence-corrected chi connectivity index (χ3v) is 4.75. The Morgan fingerprint density at radius 2 is 2.12 bits per heavy atom. The van der Waals surface area contributed by atoms with Crippen LogP contribution in [0.5, 0.6) is 0 Å². The summed E-state index contributed by atoms with van der Waals surface area (Å²) < 4.78 is 0. The van der Waals surface area contributed by atoms with Crippen molar-refractivity contribution in [3.63, 3.8) is 0 Å². The van der Waals surface area contributed by atoms with Gasteiger partial charge in [-0.1, -0.05) is 6.07 Å². The third-order valence-electron chi connectivity index (χ3n) is 3.84. The van der Waals surface area contributed by atoms with Gasteiger partial charge in [0, 0.05) is 18.5 Å². The minimum Gasteiger partial charge on any atom is -0.311 e. The molecule has 0 amide bonds. The number of nitrogens with one attached hydrogen (secondary N) is 1. The van der Waals surface area contributed by atoms with Crippen LogP contribution in [-0.4, -0.2) is 17.9 Å². The van der Waals surface area contributed by atoms with Crippen molar-refractivity contribution in [3.05, 3.63) is 22.4 Å². The molecule has 2 unspecified atom stereocenters. The van der Waals surface area contributed by atoms with Gasteiger partial charge in [-0.3, -0.25) is 4.79 Å². The predicted molar refractivity (Wildman–Crippen MR) is 65.9 cm³/mol. The van der Waals surface area contributed by atoms with Gasteiger partial charge in [-0.05, 0) is 43.0 Å². The van der Waals surface area contributed by atoms with Crippen molar-refractivity contribution in [1.29, 1.82) is 0 Å². The molecule has 86 valence electrons. The molecule has 1 aromatic rings. The van der Waals surface area contributed by atoms with Crippen LogP contribution in [0.1, 0.15) is 41.8 Å². The number of Topliss-reactive ketones (excluding diaryl/α,β-unsaturated/α-hetero) is 1. The molecular weight excluding hydrogens is 218 g/mol. The fraction of sp³-hybridized carbons (Fsp3) is 0.615. The Bertz CT molecular complexity index is 361. The third kappa shape index (κ3) is 2.06. The van der Waals surface area contributed by atoms with Crippen LogP contribution in [0.15, 0.2) is 17.5 Å². The molecule has 16 heavy (non-hydrogen) atoms. The number of ketones is 1. The lowest BCUT2D eigenvalue weighted by Gasteiger charge is -2.28. The Balaban J connectivity index is 1.61. The van der Waals surface area contributed by atoms with Gasteiger partial charge in [-0.25, -0.2) is 0 Å². The maximum Gasteiger partial charge on any atom is 0.173 e. The minimum absolute atomic E-state index is 0.348. The highest BCUT2D eigenvalue weighted by Gasteiger charge is 2.34. The molecule has 0 aliphatic carbocycles. The highest BCUT2D eigenvalue weighted by molar-refractivity contribution is 7.12. The molecule has 0 saturated carbocycles. The van der Waals surface area contributed by atoms with E-state index in [9.17, 15) is 4.79 Å². The van der Waals surface area contributed by atoms with Crippen LogP contribution in [-0.2, 0) is 0 Å². The van der Waals surface area contributed by atoms with E-state index < -0.39 is 0 Å². The zero-order valence-electron chi connectivity index (χ0n) is 9.32. The molecule has 1 N–H and O–H groups in total. The van der Waals surface area contributed by atoms with Gasteiger partial charge in [0.15, 0.2) is 5.78 Å². The number of rotatable bonds is 3. The molecule has 3 rings (SSSR count).